The molecule has 0 atom stereocenters. The van der Waals surface area contributed by atoms with E-state index in [2.05, 4.69) is 379 Å². The summed E-state index contributed by atoms with van der Waals surface area (Å²) in [7, 11) is 0. The first kappa shape index (κ1) is 97.6. The summed E-state index contributed by atoms with van der Waals surface area (Å²) in [4.78, 5) is 48.3. The second-order valence-corrected chi connectivity index (χ2v) is 41.2. The van der Waals surface area contributed by atoms with Crippen molar-refractivity contribution in [3.05, 3.63) is 321 Å². The molecular weight excluding hydrogens is 1510 g/mol. The zero-order valence-electron chi connectivity index (χ0n) is 78.6. The van der Waals surface area contributed by atoms with Crippen molar-refractivity contribution < 1.29 is 18.8 Å². The average molecular weight is 1650 g/mol. The molecule has 9 heterocycles. The molecule has 16 rings (SSSR count). The number of benzene rings is 7. The lowest BCUT2D eigenvalue weighted by Gasteiger charge is -2.19. The number of pyridine rings is 3. The molecule has 0 spiro atoms. The molecule has 0 unspecified atom stereocenters. The van der Waals surface area contributed by atoms with Crippen molar-refractivity contribution in [3.8, 4) is 11.5 Å². The molecule has 14 aromatic rings. The van der Waals surface area contributed by atoms with Crippen LogP contribution in [0.2, 0.25) is 0 Å². The Kier molecular flexibility index (Phi) is 33.1. The lowest BCUT2D eigenvalue weighted by atomic mass is 9.85. The molecule has 16 heteroatoms. The number of ether oxygens (including phenoxy) is 2. The number of fused-ring (bicyclic) bond motifs is 6. The molecule has 7 aromatic heterocycles. The van der Waals surface area contributed by atoms with Crippen molar-refractivity contribution in [2.45, 2.75) is 268 Å². The maximum Gasteiger partial charge on any atom is 0.323 e. The predicted molar refractivity (Wildman–Crippen MR) is 508 cm³/mol. The van der Waals surface area contributed by atoms with E-state index in [9.17, 15) is 9.59 Å². The highest BCUT2D eigenvalue weighted by Crippen LogP contribution is 2.37. The number of amides is 1. The van der Waals surface area contributed by atoms with Crippen LogP contribution in [0.3, 0.4) is 0 Å². The van der Waals surface area contributed by atoms with E-state index in [0.29, 0.717) is 18.8 Å². The Balaban J connectivity index is 0.000000187. The van der Waals surface area contributed by atoms with Crippen molar-refractivity contribution in [1.29, 1.82) is 0 Å². The Bertz CT molecular complexity index is 5360. The number of H-pyrrole nitrogens is 2. The first-order valence-corrected chi connectivity index (χ1v) is 42.3. The van der Waals surface area contributed by atoms with Crippen molar-refractivity contribution in [3.63, 3.8) is 0 Å². The van der Waals surface area contributed by atoms with E-state index >= 15 is 0 Å². The van der Waals surface area contributed by atoms with Crippen LogP contribution < -0.4 is 20.5 Å². The van der Waals surface area contributed by atoms with Gasteiger partial charge in [-0.3, -0.25) is 19.7 Å². The van der Waals surface area contributed by atoms with Crippen LogP contribution in [0.4, 0.5) is 0 Å². The predicted octanol–water partition coefficient (Wildman–Crippen LogP) is 26.2. The van der Waals surface area contributed by atoms with Gasteiger partial charge in [-0.25, -0.2) is 14.8 Å². The summed E-state index contributed by atoms with van der Waals surface area (Å²) in [5.74, 6) is 1.78. The first-order valence-electron chi connectivity index (χ1n) is 42.3. The van der Waals surface area contributed by atoms with Crippen LogP contribution in [0, 0.1) is 0 Å². The van der Waals surface area contributed by atoms with Crippen molar-refractivity contribution >= 4 is 49.7 Å². The zero-order valence-corrected chi connectivity index (χ0v) is 78.6. The van der Waals surface area contributed by atoms with Crippen LogP contribution in [-0.4, -0.2) is 62.9 Å². The maximum atomic E-state index is 11.3. The van der Waals surface area contributed by atoms with Gasteiger partial charge in [-0.2, -0.15) is 10.2 Å². The van der Waals surface area contributed by atoms with Gasteiger partial charge in [0.05, 0.1) is 34.5 Å². The Morgan fingerprint density at radius 2 is 0.836 bits per heavy atom. The number of nitrogens with one attached hydrogen (secondary N) is 3. The molecule has 0 radical (unpaired) electrons. The SMILES string of the molecule is CC(C)(C)c1ccc2[nH]c(=O)[nH]c2c1.CC(C)(C)c1ccc2c(c1)CNC2=O.CC(C)(C)c1ccc2c(c1)OCO2.CC(C)(C)c1ccc2cncnc2c1.CC(C)(C)c1ccc2nnccc2c1.CC(C)(C)c1ccc2oncc2c1.CC(C)(C)c1ccccc1.CC(C)(C)c1ccccn1.CC(C)(C)c1cccnc1.CC(C)(C)c1ccncc1. The van der Waals surface area contributed by atoms with Crippen molar-refractivity contribution in [1.82, 2.24) is 55.6 Å². The van der Waals surface area contributed by atoms with Gasteiger partial charge in [0.1, 0.15) is 6.33 Å². The topological polar surface area (TPSA) is 212 Å². The molecule has 3 N–H and O–H groups in total. The summed E-state index contributed by atoms with van der Waals surface area (Å²) in [5.41, 5.74) is 21.2. The quantitative estimate of drug-likeness (QED) is 0.129. The molecular formula is C106H137N11O5. The van der Waals surface area contributed by atoms with E-state index in [0.717, 1.165) is 72.1 Å². The van der Waals surface area contributed by atoms with Crippen LogP contribution in [0.25, 0.3) is 43.8 Å². The molecule has 2 aliphatic rings. The highest BCUT2D eigenvalue weighted by molar-refractivity contribution is 5.98. The van der Waals surface area contributed by atoms with Gasteiger partial charge in [0.2, 0.25) is 6.79 Å². The number of carbonyl (C=O) groups excluding carboxylic acids is 1. The molecule has 122 heavy (non-hydrogen) atoms. The van der Waals surface area contributed by atoms with E-state index in [-0.39, 0.29) is 60.3 Å². The van der Waals surface area contributed by atoms with Crippen LogP contribution in [0.1, 0.15) is 279 Å². The fraction of sp³-hybridized carbons (Fsp3) is 0.396. The highest BCUT2D eigenvalue weighted by Gasteiger charge is 2.25. The van der Waals surface area contributed by atoms with Gasteiger partial charge in [-0.15, -0.1) is 0 Å². The third-order valence-corrected chi connectivity index (χ3v) is 20.4. The second kappa shape index (κ2) is 41.4. The third-order valence-electron chi connectivity index (χ3n) is 20.4. The van der Waals surface area contributed by atoms with Crippen molar-refractivity contribution in [2.75, 3.05) is 6.79 Å². The Morgan fingerprint density at radius 3 is 1.39 bits per heavy atom. The van der Waals surface area contributed by atoms with E-state index in [1.54, 1.807) is 24.9 Å². The normalized spacial score (nSPS) is 12.5. The number of nitrogens with zero attached hydrogens (tertiary/aromatic N) is 8. The largest absolute Gasteiger partial charge is 0.454 e. The van der Waals surface area contributed by atoms with Gasteiger partial charge in [-0.1, -0.05) is 304 Å². The summed E-state index contributed by atoms with van der Waals surface area (Å²) >= 11 is 0. The number of carbonyl (C=O) groups is 1. The van der Waals surface area contributed by atoms with Gasteiger partial charge in [0.15, 0.2) is 17.1 Å². The molecule has 0 saturated heterocycles. The van der Waals surface area contributed by atoms with Gasteiger partial charge in [-0.05, 0) is 201 Å². The lowest BCUT2D eigenvalue weighted by molar-refractivity contribution is 0.0965. The Labute approximate surface area is 727 Å². The van der Waals surface area contributed by atoms with Crippen LogP contribution in [0.15, 0.2) is 253 Å². The summed E-state index contributed by atoms with van der Waals surface area (Å²) < 4.78 is 15.6. The fourth-order valence-electron chi connectivity index (χ4n) is 12.2. The zero-order chi connectivity index (χ0) is 90.5. The van der Waals surface area contributed by atoms with Crippen LogP contribution in [-0.2, 0) is 60.7 Å². The monoisotopic (exact) mass is 1640 g/mol. The molecule has 0 fully saturated rings. The van der Waals surface area contributed by atoms with Crippen molar-refractivity contribution in [2.24, 2.45) is 0 Å². The standard InChI is InChI=1S/2C12H14N2.C12H15NO.C11H14N2O.C11H13NO.C11H14O2.C10H14.3C9H13N/c1-12(2,3)10-5-4-9-7-13-8-14-11(9)6-10;1-12(2,3)10-4-5-11-9(8-10)6-7-13-14-11;1-12(2,3)9-4-5-10-8(6-9)7-13-11(10)14;1-11(2,3)7-4-5-8-9(6-7)13-10(14)12-8;1-11(2,3)9-4-5-10-8(6-9)7-12-13-10;1-11(2,3)8-4-5-9-10(6-8)13-7-12-9;1-10(2,3)9-7-5-4-6-8-9;1-9(2,3)8-4-6-10-7-5-8;1-9(2,3)8-5-4-6-10-7-8;1-9(2,3)8-6-4-5-7-10-8/h2*4-8H,1-3H3;4-6H,7H2,1-3H3,(H,13,14);4-6H,1-3H3,(H2,12,13,14);4-7H,1-3H3;4-6H,7H2,1-3H3;4-8H,1-3H3;3*4-7H,1-3H3. The molecule has 0 saturated carbocycles. The Hall–Kier alpha value is -11.5. The minimum absolute atomic E-state index is 0.0560. The smallest absolute Gasteiger partial charge is 0.323 e. The summed E-state index contributed by atoms with van der Waals surface area (Å²) in [6.07, 6.45) is 16.1. The molecule has 0 aliphatic carbocycles. The minimum atomic E-state index is -0.147. The lowest BCUT2D eigenvalue weighted by Crippen LogP contribution is -2.12. The molecule has 1 amide bonds. The molecule has 0 bridgehead atoms. The second-order valence-electron chi connectivity index (χ2n) is 41.2. The first-order chi connectivity index (χ1) is 56.7. The highest BCUT2D eigenvalue weighted by atomic mass is 16.7. The van der Waals surface area contributed by atoms with E-state index in [4.69, 9.17) is 14.0 Å². The summed E-state index contributed by atoms with van der Waals surface area (Å²) in [6, 6.07) is 63.9. The van der Waals surface area contributed by atoms with Crippen LogP contribution >= 0.6 is 0 Å². The number of hydrogen-bond donors (Lipinski definition) is 3. The summed E-state index contributed by atoms with van der Waals surface area (Å²) in [5, 5.41) is 17.8. The Morgan fingerprint density at radius 1 is 0.328 bits per heavy atom. The number of aromatic nitrogens is 10. The molecule has 16 nitrogen and oxygen atoms in total. The van der Waals surface area contributed by atoms with E-state index in [1.165, 1.54) is 50.1 Å². The van der Waals surface area contributed by atoms with Gasteiger partial charge < -0.3 is 29.3 Å². The van der Waals surface area contributed by atoms with E-state index in [1.807, 2.05) is 104 Å². The number of aromatic amines is 2. The molecule has 646 valence electrons. The van der Waals surface area contributed by atoms with Gasteiger partial charge >= 0.3 is 5.69 Å². The maximum absolute atomic E-state index is 11.3. The fourth-order valence-corrected chi connectivity index (χ4v) is 12.2. The summed E-state index contributed by atoms with van der Waals surface area (Å²) in [6.45, 7) is 66.7. The third kappa shape index (κ3) is 30.9. The van der Waals surface area contributed by atoms with E-state index < -0.39 is 0 Å². The number of rotatable bonds is 0. The van der Waals surface area contributed by atoms with Gasteiger partial charge in [0.25, 0.3) is 5.91 Å². The number of imidazole rings is 1. The minimum Gasteiger partial charge on any atom is -0.454 e. The van der Waals surface area contributed by atoms with Gasteiger partial charge in [0, 0.05) is 76.6 Å². The molecule has 2 aliphatic heterocycles. The number of hydrogen-bond acceptors (Lipinski definition) is 13. The molecule has 7 aromatic carbocycles. The average Bonchev–Trinajstić information content (AvgIpc) is 1.67. The van der Waals surface area contributed by atoms with Crippen LogP contribution in [0.5, 0.6) is 11.5 Å².